The van der Waals surface area contributed by atoms with Crippen molar-refractivity contribution >= 4 is 11.4 Å². The molecule has 3 heteroatoms. The Morgan fingerprint density at radius 1 is 1.26 bits per heavy atom. The fourth-order valence-electron chi connectivity index (χ4n) is 3.12. The molecule has 1 aliphatic heterocycles. The maximum atomic E-state index is 6.11. The molecule has 1 unspecified atom stereocenters. The minimum absolute atomic E-state index is 0.442. The zero-order valence-electron chi connectivity index (χ0n) is 12.5. The molecule has 0 spiro atoms. The van der Waals surface area contributed by atoms with E-state index in [1.54, 1.807) is 0 Å². The van der Waals surface area contributed by atoms with E-state index >= 15 is 0 Å². The van der Waals surface area contributed by atoms with Crippen molar-refractivity contribution in [2.45, 2.75) is 46.1 Å². The van der Waals surface area contributed by atoms with Crippen LogP contribution in [-0.4, -0.2) is 24.5 Å². The van der Waals surface area contributed by atoms with E-state index in [4.69, 9.17) is 5.73 Å². The van der Waals surface area contributed by atoms with E-state index < -0.39 is 0 Å². The average Bonchev–Trinajstić information content (AvgIpc) is 2.44. The minimum atomic E-state index is 0.442. The topological polar surface area (TPSA) is 41.3 Å². The van der Waals surface area contributed by atoms with Crippen LogP contribution in [0.25, 0.3) is 0 Å². The first-order chi connectivity index (χ1) is 9.15. The molecule has 1 fully saturated rings. The Hall–Kier alpha value is -1.22. The van der Waals surface area contributed by atoms with Crippen LogP contribution in [0.1, 0.15) is 50.3 Å². The lowest BCUT2D eigenvalue weighted by molar-refractivity contribution is 0.175. The van der Waals surface area contributed by atoms with Gasteiger partial charge in [-0.05, 0) is 70.0 Å². The number of nitrogens with one attached hydrogen (secondary N) is 1. The Morgan fingerprint density at radius 3 is 2.58 bits per heavy atom. The molecule has 2 rings (SSSR count). The summed E-state index contributed by atoms with van der Waals surface area (Å²) in [7, 11) is 0. The number of nitrogens with zero attached hydrogens (tertiary/aromatic N) is 1. The van der Waals surface area contributed by atoms with Crippen LogP contribution in [0.15, 0.2) is 12.1 Å². The molecule has 1 atom stereocenters. The van der Waals surface area contributed by atoms with Gasteiger partial charge in [-0.3, -0.25) is 4.90 Å². The van der Waals surface area contributed by atoms with Crippen molar-refractivity contribution in [3.05, 3.63) is 23.3 Å². The van der Waals surface area contributed by atoms with Crippen molar-refractivity contribution in [2.75, 3.05) is 30.7 Å². The Bertz CT molecular complexity index is 422. The standard InChI is InChI=1S/C16H27N3/c1-4-18-15-9-8-14(17)12(2)16(15)13(3)19-10-6-5-7-11-19/h8-9,13,18H,4-7,10-11,17H2,1-3H3. The summed E-state index contributed by atoms with van der Waals surface area (Å²) in [6, 6.07) is 4.58. The molecule has 1 heterocycles. The second kappa shape index (κ2) is 6.29. The number of likely N-dealkylation sites (tertiary alicyclic amines) is 1. The number of hydrogen-bond donors (Lipinski definition) is 2. The van der Waals surface area contributed by atoms with Crippen LogP contribution in [0, 0.1) is 6.92 Å². The number of nitrogen functional groups attached to an aromatic ring is 1. The zero-order chi connectivity index (χ0) is 13.8. The van der Waals surface area contributed by atoms with Crippen molar-refractivity contribution in [3.63, 3.8) is 0 Å². The first-order valence-corrected chi connectivity index (χ1v) is 7.52. The van der Waals surface area contributed by atoms with Gasteiger partial charge in [-0.1, -0.05) is 6.42 Å². The maximum absolute atomic E-state index is 6.11. The van der Waals surface area contributed by atoms with Gasteiger partial charge in [0.25, 0.3) is 0 Å². The van der Waals surface area contributed by atoms with Gasteiger partial charge < -0.3 is 11.1 Å². The lowest BCUT2D eigenvalue weighted by Gasteiger charge is -2.34. The minimum Gasteiger partial charge on any atom is -0.399 e. The predicted octanol–water partition coefficient (Wildman–Crippen LogP) is 3.56. The summed E-state index contributed by atoms with van der Waals surface area (Å²) >= 11 is 0. The molecule has 0 aromatic heterocycles. The van der Waals surface area contributed by atoms with Gasteiger partial charge in [-0.2, -0.15) is 0 Å². The molecule has 0 radical (unpaired) electrons. The molecular weight excluding hydrogens is 234 g/mol. The zero-order valence-corrected chi connectivity index (χ0v) is 12.5. The summed E-state index contributed by atoms with van der Waals surface area (Å²) in [4.78, 5) is 2.59. The Labute approximate surface area is 117 Å². The molecule has 0 amide bonds. The van der Waals surface area contributed by atoms with Crippen LogP contribution >= 0.6 is 0 Å². The van der Waals surface area contributed by atoms with Gasteiger partial charge in [0.2, 0.25) is 0 Å². The van der Waals surface area contributed by atoms with Gasteiger partial charge in [-0.25, -0.2) is 0 Å². The normalized spacial score (nSPS) is 18.3. The Morgan fingerprint density at radius 2 is 1.95 bits per heavy atom. The largest absolute Gasteiger partial charge is 0.399 e. The van der Waals surface area contributed by atoms with Crippen LogP contribution < -0.4 is 11.1 Å². The number of piperidine rings is 1. The quantitative estimate of drug-likeness (QED) is 0.814. The highest BCUT2D eigenvalue weighted by Gasteiger charge is 2.22. The molecule has 3 nitrogen and oxygen atoms in total. The maximum Gasteiger partial charge on any atom is 0.0392 e. The van der Waals surface area contributed by atoms with E-state index in [0.29, 0.717) is 6.04 Å². The van der Waals surface area contributed by atoms with Gasteiger partial charge in [-0.15, -0.1) is 0 Å². The summed E-state index contributed by atoms with van der Waals surface area (Å²) in [5, 5.41) is 3.48. The number of hydrogen-bond acceptors (Lipinski definition) is 3. The van der Waals surface area contributed by atoms with Crippen LogP contribution in [0.4, 0.5) is 11.4 Å². The summed E-state index contributed by atoms with van der Waals surface area (Å²) in [6.07, 6.45) is 4.02. The van der Waals surface area contributed by atoms with Gasteiger partial charge in [0.05, 0.1) is 0 Å². The monoisotopic (exact) mass is 261 g/mol. The van der Waals surface area contributed by atoms with Crippen molar-refractivity contribution in [1.82, 2.24) is 4.90 Å². The van der Waals surface area contributed by atoms with Crippen LogP contribution in [0.2, 0.25) is 0 Å². The molecule has 106 valence electrons. The summed E-state index contributed by atoms with van der Waals surface area (Å²) in [5.74, 6) is 0. The van der Waals surface area contributed by atoms with Gasteiger partial charge in [0.15, 0.2) is 0 Å². The highest BCUT2D eigenvalue weighted by molar-refractivity contribution is 5.64. The van der Waals surface area contributed by atoms with Gasteiger partial charge >= 0.3 is 0 Å². The lowest BCUT2D eigenvalue weighted by Crippen LogP contribution is -2.33. The van der Waals surface area contributed by atoms with Gasteiger partial charge in [0, 0.05) is 24.0 Å². The Kier molecular flexibility index (Phi) is 4.70. The average molecular weight is 261 g/mol. The molecule has 1 saturated heterocycles. The van der Waals surface area contributed by atoms with Crippen LogP contribution in [-0.2, 0) is 0 Å². The third-order valence-corrected chi connectivity index (χ3v) is 4.28. The molecule has 1 aromatic rings. The number of rotatable bonds is 4. The van der Waals surface area contributed by atoms with Crippen LogP contribution in [0.3, 0.4) is 0 Å². The Balaban J connectivity index is 2.32. The molecule has 0 aliphatic carbocycles. The lowest BCUT2D eigenvalue weighted by atomic mass is 9.96. The van der Waals surface area contributed by atoms with E-state index in [1.807, 2.05) is 6.07 Å². The molecule has 1 aromatic carbocycles. The molecule has 0 saturated carbocycles. The number of anilines is 2. The van der Waals surface area contributed by atoms with Crippen molar-refractivity contribution in [2.24, 2.45) is 0 Å². The summed E-state index contributed by atoms with van der Waals surface area (Å²) in [5.41, 5.74) is 10.9. The fraction of sp³-hybridized carbons (Fsp3) is 0.625. The number of benzene rings is 1. The second-order valence-electron chi connectivity index (χ2n) is 5.54. The second-order valence-corrected chi connectivity index (χ2v) is 5.54. The van der Waals surface area contributed by atoms with Gasteiger partial charge in [0.1, 0.15) is 0 Å². The van der Waals surface area contributed by atoms with Crippen LogP contribution in [0.5, 0.6) is 0 Å². The number of nitrogens with two attached hydrogens (primary N) is 1. The summed E-state index contributed by atoms with van der Waals surface area (Å²) < 4.78 is 0. The van der Waals surface area contributed by atoms with E-state index in [1.165, 1.54) is 49.2 Å². The van der Waals surface area contributed by atoms with Crippen molar-refractivity contribution in [1.29, 1.82) is 0 Å². The first kappa shape index (κ1) is 14.2. The summed E-state index contributed by atoms with van der Waals surface area (Å²) in [6.45, 7) is 9.96. The first-order valence-electron chi connectivity index (χ1n) is 7.52. The molecule has 19 heavy (non-hydrogen) atoms. The molecule has 3 N–H and O–H groups in total. The highest BCUT2D eigenvalue weighted by atomic mass is 15.2. The SMILES string of the molecule is CCNc1ccc(N)c(C)c1C(C)N1CCCCC1. The van der Waals surface area contributed by atoms with E-state index in [-0.39, 0.29) is 0 Å². The predicted molar refractivity (Wildman–Crippen MR) is 83.6 cm³/mol. The third kappa shape index (κ3) is 3.03. The van der Waals surface area contributed by atoms with E-state index in [2.05, 4.69) is 37.1 Å². The third-order valence-electron chi connectivity index (χ3n) is 4.28. The molecule has 0 bridgehead atoms. The molecular formula is C16H27N3. The smallest absolute Gasteiger partial charge is 0.0392 e. The van der Waals surface area contributed by atoms with E-state index in [9.17, 15) is 0 Å². The van der Waals surface area contributed by atoms with E-state index in [0.717, 1.165) is 12.2 Å². The highest BCUT2D eigenvalue weighted by Crippen LogP contribution is 2.34. The van der Waals surface area contributed by atoms with Crippen molar-refractivity contribution < 1.29 is 0 Å². The fourth-order valence-corrected chi connectivity index (χ4v) is 3.12. The van der Waals surface area contributed by atoms with Crippen molar-refractivity contribution in [3.8, 4) is 0 Å². The molecule has 1 aliphatic rings.